The topological polar surface area (TPSA) is 118 Å². The Morgan fingerprint density at radius 3 is 2.36 bits per heavy atom. The van der Waals surface area contributed by atoms with E-state index in [1.54, 1.807) is 12.3 Å². The van der Waals surface area contributed by atoms with E-state index in [2.05, 4.69) is 15.2 Å². The number of aromatic nitrogens is 1. The standard InChI is InChI=1S/C23H31N5O4S/c24-33(30,31)19-6-7-21(27-11-13-32-14-12-27)20(15-19)23(29)26-17-18-5-8-22(25-16-18)28-9-3-1-2-4-10-28/h5-8,15-16H,1-4,9-14,17H2,(H,26,29)(H2,24,30,31). The highest BCUT2D eigenvalue weighted by Crippen LogP contribution is 2.25. The summed E-state index contributed by atoms with van der Waals surface area (Å²) in [4.78, 5) is 21.9. The monoisotopic (exact) mass is 473 g/mol. The molecule has 1 amide bonds. The van der Waals surface area contributed by atoms with Gasteiger partial charge >= 0.3 is 0 Å². The first-order chi connectivity index (χ1) is 15.9. The number of ether oxygens (including phenoxy) is 1. The van der Waals surface area contributed by atoms with Gasteiger partial charge in [0.1, 0.15) is 5.82 Å². The van der Waals surface area contributed by atoms with Crippen molar-refractivity contribution in [3.05, 3.63) is 47.7 Å². The number of morpholine rings is 1. The number of benzene rings is 1. The molecule has 2 aliphatic rings. The van der Waals surface area contributed by atoms with E-state index in [0.717, 1.165) is 24.5 Å². The summed E-state index contributed by atoms with van der Waals surface area (Å²) < 4.78 is 29.1. The molecule has 0 radical (unpaired) electrons. The van der Waals surface area contributed by atoms with Gasteiger partial charge in [0.25, 0.3) is 5.91 Å². The summed E-state index contributed by atoms with van der Waals surface area (Å²) in [5.41, 5.74) is 1.81. The summed E-state index contributed by atoms with van der Waals surface area (Å²) in [6.07, 6.45) is 6.68. The lowest BCUT2D eigenvalue weighted by Gasteiger charge is -2.30. The average Bonchev–Trinajstić information content (AvgIpc) is 3.12. The van der Waals surface area contributed by atoms with Crippen molar-refractivity contribution >= 4 is 27.4 Å². The van der Waals surface area contributed by atoms with Crippen LogP contribution in [0, 0.1) is 0 Å². The maximum Gasteiger partial charge on any atom is 0.253 e. The van der Waals surface area contributed by atoms with Crippen LogP contribution < -0.4 is 20.3 Å². The Morgan fingerprint density at radius 1 is 1.00 bits per heavy atom. The van der Waals surface area contributed by atoms with Crippen molar-refractivity contribution in [3.8, 4) is 0 Å². The first kappa shape index (κ1) is 23.5. The van der Waals surface area contributed by atoms with Crippen LogP contribution in [0.3, 0.4) is 0 Å². The Morgan fingerprint density at radius 2 is 1.73 bits per heavy atom. The fourth-order valence-corrected chi connectivity index (χ4v) is 4.78. The van der Waals surface area contributed by atoms with Crippen molar-refractivity contribution in [1.82, 2.24) is 10.3 Å². The largest absolute Gasteiger partial charge is 0.378 e. The number of sulfonamides is 1. The summed E-state index contributed by atoms with van der Waals surface area (Å²) in [5, 5.41) is 8.20. The third-order valence-corrected chi connectivity index (χ3v) is 7.00. The second-order valence-electron chi connectivity index (χ2n) is 8.43. The number of anilines is 2. The van der Waals surface area contributed by atoms with Gasteiger partial charge in [-0.3, -0.25) is 4.79 Å². The van der Waals surface area contributed by atoms with E-state index in [-0.39, 0.29) is 22.9 Å². The van der Waals surface area contributed by atoms with Gasteiger partial charge in [0.2, 0.25) is 10.0 Å². The predicted molar refractivity (Wildman–Crippen MR) is 127 cm³/mol. The van der Waals surface area contributed by atoms with Crippen LogP contribution in [0.25, 0.3) is 0 Å². The fourth-order valence-electron chi connectivity index (χ4n) is 4.24. The molecule has 3 N–H and O–H groups in total. The highest BCUT2D eigenvalue weighted by molar-refractivity contribution is 7.89. The molecule has 0 unspecified atom stereocenters. The molecule has 2 aromatic rings. The lowest BCUT2D eigenvalue weighted by Crippen LogP contribution is -2.38. The lowest BCUT2D eigenvalue weighted by molar-refractivity contribution is 0.0949. The normalized spacial score (nSPS) is 17.5. The molecule has 2 aliphatic heterocycles. The zero-order valence-electron chi connectivity index (χ0n) is 18.7. The van der Waals surface area contributed by atoms with E-state index < -0.39 is 10.0 Å². The van der Waals surface area contributed by atoms with Gasteiger partial charge in [-0.25, -0.2) is 18.5 Å². The van der Waals surface area contributed by atoms with Crippen molar-refractivity contribution in [2.75, 3.05) is 49.2 Å². The lowest BCUT2D eigenvalue weighted by atomic mass is 10.1. The Kier molecular flexibility index (Phi) is 7.46. The number of hydrogen-bond acceptors (Lipinski definition) is 7. The van der Waals surface area contributed by atoms with E-state index in [1.807, 2.05) is 17.0 Å². The van der Waals surface area contributed by atoms with Crippen molar-refractivity contribution in [2.45, 2.75) is 37.1 Å². The average molecular weight is 474 g/mol. The fraction of sp³-hybridized carbons (Fsp3) is 0.478. The number of hydrogen-bond donors (Lipinski definition) is 2. The summed E-state index contributed by atoms with van der Waals surface area (Å²) in [6, 6.07) is 8.38. The molecule has 33 heavy (non-hydrogen) atoms. The molecule has 1 aromatic heterocycles. The zero-order valence-corrected chi connectivity index (χ0v) is 19.5. The van der Waals surface area contributed by atoms with E-state index in [1.165, 1.54) is 37.8 Å². The molecule has 1 aromatic carbocycles. The first-order valence-corrected chi connectivity index (χ1v) is 12.9. The number of carbonyl (C=O) groups is 1. The number of carbonyl (C=O) groups excluding carboxylic acids is 1. The molecule has 0 bridgehead atoms. The van der Waals surface area contributed by atoms with E-state index in [9.17, 15) is 13.2 Å². The van der Waals surface area contributed by atoms with Gasteiger partial charge in [-0.2, -0.15) is 0 Å². The molecular weight excluding hydrogens is 442 g/mol. The van der Waals surface area contributed by atoms with Crippen LogP contribution in [0.15, 0.2) is 41.4 Å². The number of pyridine rings is 1. The molecule has 0 saturated carbocycles. The van der Waals surface area contributed by atoms with Crippen LogP contribution in [0.2, 0.25) is 0 Å². The Labute approximate surface area is 195 Å². The molecule has 3 heterocycles. The first-order valence-electron chi connectivity index (χ1n) is 11.4. The molecule has 9 nitrogen and oxygen atoms in total. The predicted octanol–water partition coefficient (Wildman–Crippen LogP) is 1.88. The summed E-state index contributed by atoms with van der Waals surface area (Å²) in [5.74, 6) is 0.598. The Bertz CT molecular complexity index is 1060. The maximum atomic E-state index is 13.1. The summed E-state index contributed by atoms with van der Waals surface area (Å²) >= 11 is 0. The third-order valence-electron chi connectivity index (χ3n) is 6.09. The third kappa shape index (κ3) is 6.01. The molecule has 0 spiro atoms. The van der Waals surface area contributed by atoms with Crippen molar-refractivity contribution < 1.29 is 17.9 Å². The minimum atomic E-state index is -3.93. The molecule has 0 atom stereocenters. The molecule has 0 aliphatic carbocycles. The van der Waals surface area contributed by atoms with Crippen LogP contribution in [0.1, 0.15) is 41.6 Å². The molecule has 2 saturated heterocycles. The molecule has 178 valence electrons. The minimum absolute atomic E-state index is 0.0897. The second kappa shape index (κ2) is 10.5. The Balaban J connectivity index is 1.48. The van der Waals surface area contributed by atoms with E-state index >= 15 is 0 Å². The van der Waals surface area contributed by atoms with Gasteiger partial charge in [-0.15, -0.1) is 0 Å². The molecular formula is C23H31N5O4S. The van der Waals surface area contributed by atoms with Crippen LogP contribution in [0.4, 0.5) is 11.5 Å². The van der Waals surface area contributed by atoms with Gasteiger partial charge in [0.15, 0.2) is 0 Å². The number of nitrogens with one attached hydrogen (secondary N) is 1. The molecule has 4 rings (SSSR count). The SMILES string of the molecule is NS(=O)(=O)c1ccc(N2CCOCC2)c(C(=O)NCc2ccc(N3CCCCCC3)nc2)c1. The van der Waals surface area contributed by atoms with Crippen LogP contribution in [-0.4, -0.2) is 58.7 Å². The van der Waals surface area contributed by atoms with Crippen molar-refractivity contribution in [3.63, 3.8) is 0 Å². The van der Waals surface area contributed by atoms with E-state index in [0.29, 0.717) is 32.0 Å². The quantitative estimate of drug-likeness (QED) is 0.658. The van der Waals surface area contributed by atoms with Gasteiger partial charge < -0.3 is 19.9 Å². The Hall–Kier alpha value is -2.69. The highest BCUT2D eigenvalue weighted by Gasteiger charge is 2.22. The highest BCUT2D eigenvalue weighted by atomic mass is 32.2. The van der Waals surface area contributed by atoms with Crippen LogP contribution >= 0.6 is 0 Å². The van der Waals surface area contributed by atoms with Crippen LogP contribution in [-0.2, 0) is 21.3 Å². The number of nitrogens with zero attached hydrogens (tertiary/aromatic N) is 3. The van der Waals surface area contributed by atoms with Crippen molar-refractivity contribution in [2.24, 2.45) is 5.14 Å². The smallest absolute Gasteiger partial charge is 0.253 e. The van der Waals surface area contributed by atoms with Gasteiger partial charge in [0, 0.05) is 44.6 Å². The van der Waals surface area contributed by atoms with Gasteiger partial charge in [-0.1, -0.05) is 18.9 Å². The number of rotatable bonds is 6. The summed E-state index contributed by atoms with van der Waals surface area (Å²) in [7, 11) is -3.93. The van der Waals surface area contributed by atoms with Gasteiger partial charge in [-0.05, 0) is 42.7 Å². The summed E-state index contributed by atoms with van der Waals surface area (Å²) in [6.45, 7) is 4.67. The number of amides is 1. The molecule has 10 heteroatoms. The minimum Gasteiger partial charge on any atom is -0.378 e. The zero-order chi connectivity index (χ0) is 23.3. The number of primary sulfonamides is 1. The molecule has 2 fully saturated rings. The number of nitrogens with two attached hydrogens (primary N) is 1. The van der Waals surface area contributed by atoms with E-state index in [4.69, 9.17) is 9.88 Å². The van der Waals surface area contributed by atoms with Crippen LogP contribution in [0.5, 0.6) is 0 Å². The maximum absolute atomic E-state index is 13.1. The second-order valence-corrected chi connectivity index (χ2v) is 9.99. The van der Waals surface area contributed by atoms with Gasteiger partial charge in [0.05, 0.1) is 23.7 Å². The van der Waals surface area contributed by atoms with Crippen molar-refractivity contribution in [1.29, 1.82) is 0 Å².